The summed E-state index contributed by atoms with van der Waals surface area (Å²) >= 11 is 0. The van der Waals surface area contributed by atoms with Gasteiger partial charge in [-0.25, -0.2) is 0 Å². The van der Waals surface area contributed by atoms with Crippen LogP contribution in [-0.2, 0) is 16.1 Å². The molecular weight excluding hydrogens is 264 g/mol. The molecule has 1 aromatic rings. The fourth-order valence-electron chi connectivity index (χ4n) is 3.67. The minimum Gasteiger partial charge on any atom is -0.377 e. The van der Waals surface area contributed by atoms with Gasteiger partial charge in [-0.3, -0.25) is 4.79 Å². The summed E-state index contributed by atoms with van der Waals surface area (Å²) in [6.07, 6.45) is 3.71. The maximum Gasteiger partial charge on any atom is 0.241 e. The molecule has 2 fully saturated rings. The molecule has 0 radical (unpaired) electrons. The Morgan fingerprint density at radius 1 is 1.38 bits per heavy atom. The highest BCUT2D eigenvalue weighted by atomic mass is 16.5. The molecule has 1 aliphatic heterocycles. The molecule has 3 rings (SSSR count). The second kappa shape index (κ2) is 6.58. The molecule has 21 heavy (non-hydrogen) atoms. The number of carbonyl (C=O) groups is 1. The van der Waals surface area contributed by atoms with Gasteiger partial charge in [0, 0.05) is 17.9 Å². The van der Waals surface area contributed by atoms with E-state index in [4.69, 9.17) is 4.74 Å². The third-order valence-electron chi connectivity index (χ3n) is 4.77. The quantitative estimate of drug-likeness (QED) is 0.875. The van der Waals surface area contributed by atoms with Crippen LogP contribution < -0.4 is 10.6 Å². The lowest BCUT2D eigenvalue weighted by atomic mass is 9.93. The number of ether oxygens (including phenoxy) is 1. The van der Waals surface area contributed by atoms with E-state index in [0.717, 1.165) is 17.8 Å². The van der Waals surface area contributed by atoms with Crippen molar-refractivity contribution in [2.24, 2.45) is 11.8 Å². The zero-order valence-corrected chi connectivity index (χ0v) is 12.6. The number of nitrogens with one attached hydrogen (secondary N) is 2. The van der Waals surface area contributed by atoms with Crippen LogP contribution in [-0.4, -0.2) is 25.1 Å². The van der Waals surface area contributed by atoms with Gasteiger partial charge in [-0.1, -0.05) is 24.6 Å². The Morgan fingerprint density at radius 3 is 3.10 bits per heavy atom. The van der Waals surface area contributed by atoms with Crippen molar-refractivity contribution in [1.82, 2.24) is 5.32 Å². The average Bonchev–Trinajstić information content (AvgIpc) is 3.09. The summed E-state index contributed by atoms with van der Waals surface area (Å²) in [6, 6.07) is 7.85. The number of hydrogen-bond acceptors (Lipinski definition) is 3. The third kappa shape index (κ3) is 3.11. The largest absolute Gasteiger partial charge is 0.377 e. The molecule has 3 atom stereocenters. The Hall–Kier alpha value is -1.39. The first-order chi connectivity index (χ1) is 10.3. The molecule has 1 saturated heterocycles. The molecule has 0 aromatic heterocycles. The van der Waals surface area contributed by atoms with Gasteiger partial charge in [0.2, 0.25) is 5.91 Å². The van der Waals surface area contributed by atoms with Crippen LogP contribution in [0.5, 0.6) is 0 Å². The fraction of sp³-hybridized carbons (Fsp3) is 0.588. The van der Waals surface area contributed by atoms with Gasteiger partial charge >= 0.3 is 0 Å². The number of benzene rings is 1. The lowest BCUT2D eigenvalue weighted by Crippen LogP contribution is -2.39. The predicted octanol–water partition coefficient (Wildman–Crippen LogP) is 2.55. The van der Waals surface area contributed by atoms with E-state index in [1.54, 1.807) is 0 Å². The Bertz CT molecular complexity index is 503. The van der Waals surface area contributed by atoms with Gasteiger partial charge in [-0.2, -0.15) is 0 Å². The molecule has 3 unspecified atom stereocenters. The maximum absolute atomic E-state index is 12.6. The number of anilines is 1. The molecule has 114 valence electrons. The summed E-state index contributed by atoms with van der Waals surface area (Å²) in [4.78, 5) is 12.6. The first kappa shape index (κ1) is 14.5. The molecule has 0 spiro atoms. The van der Waals surface area contributed by atoms with Crippen LogP contribution in [0.15, 0.2) is 24.3 Å². The first-order valence-electron chi connectivity index (χ1n) is 7.99. The van der Waals surface area contributed by atoms with Crippen molar-refractivity contribution < 1.29 is 9.53 Å². The molecule has 2 N–H and O–H groups in total. The highest BCUT2D eigenvalue weighted by Crippen LogP contribution is 2.38. The zero-order valence-electron chi connectivity index (χ0n) is 12.6. The molecule has 1 heterocycles. The second-order valence-corrected chi connectivity index (χ2v) is 6.02. The van der Waals surface area contributed by atoms with Gasteiger partial charge in [-0.15, -0.1) is 0 Å². The van der Waals surface area contributed by atoms with E-state index in [1.165, 1.54) is 19.3 Å². The van der Waals surface area contributed by atoms with Gasteiger partial charge < -0.3 is 15.4 Å². The van der Waals surface area contributed by atoms with Gasteiger partial charge in [0.25, 0.3) is 0 Å². The minimum atomic E-state index is -0.0300. The van der Waals surface area contributed by atoms with Crippen molar-refractivity contribution in [3.8, 4) is 0 Å². The smallest absolute Gasteiger partial charge is 0.241 e. The third-order valence-corrected chi connectivity index (χ3v) is 4.77. The van der Waals surface area contributed by atoms with Gasteiger partial charge in [0.05, 0.1) is 12.6 Å². The van der Waals surface area contributed by atoms with E-state index in [1.807, 2.05) is 31.2 Å². The first-order valence-corrected chi connectivity index (χ1v) is 7.99. The average molecular weight is 288 g/mol. The predicted molar refractivity (Wildman–Crippen MR) is 83.0 cm³/mol. The monoisotopic (exact) mass is 288 g/mol. The van der Waals surface area contributed by atoms with Crippen molar-refractivity contribution in [2.45, 2.75) is 38.8 Å². The molecule has 4 heteroatoms. The minimum absolute atomic E-state index is 0.0300. The van der Waals surface area contributed by atoms with Crippen LogP contribution >= 0.6 is 0 Å². The number of rotatable bonds is 5. The number of hydrogen-bond donors (Lipinski definition) is 2. The summed E-state index contributed by atoms with van der Waals surface area (Å²) < 4.78 is 5.47. The van der Waals surface area contributed by atoms with Crippen molar-refractivity contribution in [3.63, 3.8) is 0 Å². The summed E-state index contributed by atoms with van der Waals surface area (Å²) in [7, 11) is 0. The summed E-state index contributed by atoms with van der Waals surface area (Å²) in [5, 5.41) is 6.49. The molecule has 1 saturated carbocycles. The van der Waals surface area contributed by atoms with Crippen molar-refractivity contribution in [1.29, 1.82) is 0 Å². The van der Waals surface area contributed by atoms with Gasteiger partial charge in [0.15, 0.2) is 0 Å². The normalized spacial score (nSPS) is 27.6. The Balaban J connectivity index is 1.67. The number of amides is 1. The highest BCUT2D eigenvalue weighted by Gasteiger charge is 2.42. The number of carbonyl (C=O) groups excluding carboxylic acids is 1. The second-order valence-electron chi connectivity index (χ2n) is 6.02. The van der Waals surface area contributed by atoms with Crippen LogP contribution in [0.25, 0.3) is 0 Å². The molecule has 2 aliphatic rings. The number of para-hydroxylation sites is 1. The van der Waals surface area contributed by atoms with E-state index < -0.39 is 0 Å². The van der Waals surface area contributed by atoms with Crippen LogP contribution in [0, 0.1) is 11.8 Å². The fourth-order valence-corrected chi connectivity index (χ4v) is 3.67. The van der Waals surface area contributed by atoms with Crippen molar-refractivity contribution in [3.05, 3.63) is 29.8 Å². The molecule has 4 nitrogen and oxygen atoms in total. The van der Waals surface area contributed by atoms with E-state index in [9.17, 15) is 4.79 Å². The topological polar surface area (TPSA) is 50.4 Å². The Labute approximate surface area is 126 Å². The standard InChI is InChI=1S/C17H24N2O2/c1-2-21-11-13-6-3-4-9-15(13)19-17(20)16-14-8-5-7-12(14)10-18-16/h3-4,6,9,12,14,16,18H,2,5,7-8,10-11H2,1H3,(H,19,20). The molecule has 0 bridgehead atoms. The molecule has 1 aromatic carbocycles. The SMILES string of the molecule is CCOCc1ccccc1NC(=O)C1NCC2CCCC21. The molecule has 1 amide bonds. The summed E-state index contributed by atoms with van der Waals surface area (Å²) in [5.74, 6) is 1.32. The lowest BCUT2D eigenvalue weighted by molar-refractivity contribution is -0.118. The Morgan fingerprint density at radius 2 is 2.24 bits per heavy atom. The van der Waals surface area contributed by atoms with E-state index in [0.29, 0.717) is 25.0 Å². The number of fused-ring (bicyclic) bond motifs is 1. The van der Waals surface area contributed by atoms with Crippen LogP contribution in [0.4, 0.5) is 5.69 Å². The molecule has 1 aliphatic carbocycles. The van der Waals surface area contributed by atoms with Crippen molar-refractivity contribution >= 4 is 11.6 Å². The Kier molecular flexibility index (Phi) is 4.56. The van der Waals surface area contributed by atoms with Crippen molar-refractivity contribution in [2.75, 3.05) is 18.5 Å². The van der Waals surface area contributed by atoms with E-state index >= 15 is 0 Å². The van der Waals surface area contributed by atoms with Crippen LogP contribution in [0.2, 0.25) is 0 Å². The maximum atomic E-state index is 12.6. The highest BCUT2D eigenvalue weighted by molar-refractivity contribution is 5.96. The van der Waals surface area contributed by atoms with Gasteiger partial charge in [-0.05, 0) is 44.2 Å². The summed E-state index contributed by atoms with van der Waals surface area (Å²) in [5.41, 5.74) is 1.91. The van der Waals surface area contributed by atoms with E-state index in [2.05, 4.69) is 10.6 Å². The van der Waals surface area contributed by atoms with Gasteiger partial charge in [0.1, 0.15) is 0 Å². The van der Waals surface area contributed by atoms with E-state index in [-0.39, 0.29) is 11.9 Å². The zero-order chi connectivity index (χ0) is 14.7. The summed E-state index contributed by atoms with van der Waals surface area (Å²) in [6.45, 7) is 4.18. The van der Waals surface area contributed by atoms with Crippen LogP contribution in [0.1, 0.15) is 31.7 Å². The lowest BCUT2D eigenvalue weighted by Gasteiger charge is -2.19. The van der Waals surface area contributed by atoms with Crippen LogP contribution in [0.3, 0.4) is 0 Å². The molecular formula is C17H24N2O2.